The van der Waals surface area contributed by atoms with Crippen molar-refractivity contribution in [1.29, 1.82) is 0 Å². The fourth-order valence-corrected chi connectivity index (χ4v) is 3.05. The molecular weight excluding hydrogens is 409 g/mol. The van der Waals surface area contributed by atoms with E-state index in [0.29, 0.717) is 28.4 Å². The summed E-state index contributed by atoms with van der Waals surface area (Å²) >= 11 is 0. The van der Waals surface area contributed by atoms with Gasteiger partial charge < -0.3 is 19.6 Å². The second-order valence-electron chi connectivity index (χ2n) is 6.73. The topological polar surface area (TPSA) is 134 Å². The molecule has 2 N–H and O–H groups in total. The second kappa shape index (κ2) is 8.48. The Hall–Kier alpha value is -3.86. The summed E-state index contributed by atoms with van der Waals surface area (Å²) in [5, 5.41) is 7.65. The molecule has 2 aromatic heterocycles. The first-order valence-electron chi connectivity index (χ1n) is 9.35. The van der Waals surface area contributed by atoms with Crippen LogP contribution in [0.3, 0.4) is 0 Å². The van der Waals surface area contributed by atoms with E-state index in [2.05, 4.69) is 15.2 Å². The molecule has 3 heterocycles. The van der Waals surface area contributed by atoms with Crippen molar-refractivity contribution < 1.29 is 27.9 Å². The Labute approximate surface area is 175 Å². The quantitative estimate of drug-likeness (QED) is 0.587. The monoisotopic (exact) mass is 427 g/mol. The average molecular weight is 427 g/mol. The van der Waals surface area contributed by atoms with E-state index in [9.17, 15) is 14.0 Å². The number of carbonyl (C=O) groups is 2. The highest BCUT2D eigenvalue weighted by atomic mass is 19.1. The van der Waals surface area contributed by atoms with E-state index in [1.165, 1.54) is 17.2 Å². The summed E-state index contributed by atoms with van der Waals surface area (Å²) in [5.74, 6) is -0.438. The summed E-state index contributed by atoms with van der Waals surface area (Å²) in [6, 6.07) is 7.73. The van der Waals surface area contributed by atoms with Crippen LogP contribution in [0.5, 0.6) is 0 Å². The van der Waals surface area contributed by atoms with Crippen LogP contribution in [0.2, 0.25) is 0 Å². The molecule has 1 atom stereocenters. The van der Waals surface area contributed by atoms with Crippen molar-refractivity contribution in [3.63, 3.8) is 0 Å². The molecule has 0 bridgehead atoms. The number of cyclic esters (lactones) is 1. The third-order valence-electron chi connectivity index (χ3n) is 4.55. The Bertz CT molecular complexity index is 1120. The molecular formula is C20H18FN5O5. The maximum atomic E-state index is 14.8. The number of benzene rings is 1. The number of nitrogens with two attached hydrogens (primary N) is 1. The summed E-state index contributed by atoms with van der Waals surface area (Å²) in [5.41, 5.74) is 6.82. The number of esters is 1. The lowest BCUT2D eigenvalue weighted by Gasteiger charge is -2.14. The van der Waals surface area contributed by atoms with Gasteiger partial charge in [0.05, 0.1) is 18.8 Å². The minimum atomic E-state index is -0.657. The fraction of sp³-hybridized carbons (Fsp3) is 0.250. The zero-order valence-electron chi connectivity index (χ0n) is 16.4. The lowest BCUT2D eigenvalue weighted by molar-refractivity contribution is -0.144. The molecule has 3 aromatic rings. The van der Waals surface area contributed by atoms with Crippen LogP contribution in [-0.2, 0) is 14.3 Å². The van der Waals surface area contributed by atoms with Gasteiger partial charge in [-0.2, -0.15) is 0 Å². The highest BCUT2D eigenvalue weighted by Crippen LogP contribution is 2.29. The van der Waals surface area contributed by atoms with E-state index in [-0.39, 0.29) is 25.6 Å². The Morgan fingerprint density at radius 3 is 2.81 bits per heavy atom. The molecule has 1 unspecified atom stereocenters. The van der Waals surface area contributed by atoms with Crippen LogP contribution in [0.25, 0.3) is 22.7 Å². The number of nitrogens with zero attached hydrogens (tertiary/aromatic N) is 4. The van der Waals surface area contributed by atoms with Crippen molar-refractivity contribution >= 4 is 17.7 Å². The molecule has 0 spiro atoms. The first-order valence-corrected chi connectivity index (χ1v) is 9.35. The Kier molecular flexibility index (Phi) is 5.58. The number of anilines is 1. The van der Waals surface area contributed by atoms with Gasteiger partial charge >= 0.3 is 12.1 Å². The van der Waals surface area contributed by atoms with Crippen molar-refractivity contribution in [2.24, 2.45) is 5.73 Å². The zero-order chi connectivity index (χ0) is 22.0. The second-order valence-corrected chi connectivity index (χ2v) is 6.73. The number of ether oxygens (including phenoxy) is 2. The summed E-state index contributed by atoms with van der Waals surface area (Å²) in [6.07, 6.45) is 0.191. The van der Waals surface area contributed by atoms with E-state index < -0.39 is 24.0 Å². The molecule has 1 saturated heterocycles. The Morgan fingerprint density at radius 1 is 1.32 bits per heavy atom. The zero-order valence-corrected chi connectivity index (χ0v) is 16.4. The summed E-state index contributed by atoms with van der Waals surface area (Å²) in [6.45, 7) is 1.42. The SMILES string of the molecule is Cc1nnc(-c2ccc(-c3ccc(N4CC(COC(=O)CN)OC4=O)cc3F)cn2)o1. The Balaban J connectivity index is 1.48. The first-order chi connectivity index (χ1) is 14.9. The predicted molar refractivity (Wildman–Crippen MR) is 105 cm³/mol. The lowest BCUT2D eigenvalue weighted by atomic mass is 10.1. The molecule has 4 rings (SSSR count). The number of hydrogen-bond acceptors (Lipinski definition) is 9. The molecule has 1 amide bonds. The summed E-state index contributed by atoms with van der Waals surface area (Å²) in [4.78, 5) is 28.8. The van der Waals surface area contributed by atoms with Crippen molar-refractivity contribution in [3.8, 4) is 22.7 Å². The fourth-order valence-electron chi connectivity index (χ4n) is 3.05. The van der Waals surface area contributed by atoms with E-state index in [1.807, 2.05) is 0 Å². The van der Waals surface area contributed by atoms with Crippen molar-refractivity contribution in [2.75, 3.05) is 24.6 Å². The Morgan fingerprint density at radius 2 is 2.16 bits per heavy atom. The van der Waals surface area contributed by atoms with Gasteiger partial charge in [0.1, 0.15) is 18.1 Å². The molecule has 160 valence electrons. The molecule has 1 aromatic carbocycles. The number of carbonyl (C=O) groups excluding carboxylic acids is 2. The van der Waals surface area contributed by atoms with Crippen LogP contribution < -0.4 is 10.6 Å². The lowest BCUT2D eigenvalue weighted by Crippen LogP contribution is -2.28. The highest BCUT2D eigenvalue weighted by Gasteiger charge is 2.33. The number of pyridine rings is 1. The van der Waals surface area contributed by atoms with Gasteiger partial charge in [-0.15, -0.1) is 10.2 Å². The molecule has 0 saturated carbocycles. The molecule has 0 aliphatic carbocycles. The standard InChI is InChI=1S/C20H18FN5O5/c1-11-24-25-19(30-11)17-5-2-12(8-23-17)15-4-3-13(6-16(15)21)26-9-14(31-20(26)28)10-29-18(27)7-22/h2-6,8,14H,7,9-10,22H2,1H3. The number of amides is 1. The molecule has 1 fully saturated rings. The number of aryl methyl sites for hydroxylation is 1. The van der Waals surface area contributed by atoms with Gasteiger partial charge in [-0.3, -0.25) is 14.7 Å². The van der Waals surface area contributed by atoms with Crippen molar-refractivity contribution in [3.05, 3.63) is 48.2 Å². The van der Waals surface area contributed by atoms with Crippen LogP contribution in [-0.4, -0.2) is 53.0 Å². The normalized spacial score (nSPS) is 15.8. The largest absolute Gasteiger partial charge is 0.461 e. The average Bonchev–Trinajstić information content (AvgIpc) is 3.37. The van der Waals surface area contributed by atoms with Crippen LogP contribution in [0, 0.1) is 12.7 Å². The minimum Gasteiger partial charge on any atom is -0.461 e. The summed E-state index contributed by atoms with van der Waals surface area (Å²) < 4.78 is 30.2. The van der Waals surface area contributed by atoms with E-state index in [4.69, 9.17) is 19.6 Å². The van der Waals surface area contributed by atoms with Crippen LogP contribution in [0.1, 0.15) is 5.89 Å². The number of hydrogen-bond donors (Lipinski definition) is 1. The molecule has 1 aliphatic rings. The van der Waals surface area contributed by atoms with E-state index in [1.54, 1.807) is 31.2 Å². The van der Waals surface area contributed by atoms with Crippen LogP contribution in [0.4, 0.5) is 14.9 Å². The molecule has 11 heteroatoms. The van der Waals surface area contributed by atoms with E-state index in [0.717, 1.165) is 0 Å². The van der Waals surface area contributed by atoms with Crippen molar-refractivity contribution in [1.82, 2.24) is 15.2 Å². The third kappa shape index (κ3) is 4.36. The number of aromatic nitrogens is 3. The maximum absolute atomic E-state index is 14.8. The molecule has 0 radical (unpaired) electrons. The van der Waals surface area contributed by atoms with Crippen LogP contribution >= 0.6 is 0 Å². The van der Waals surface area contributed by atoms with Gasteiger partial charge in [-0.1, -0.05) is 6.07 Å². The summed E-state index contributed by atoms with van der Waals surface area (Å²) in [7, 11) is 0. The van der Waals surface area contributed by atoms with Gasteiger partial charge in [-0.05, 0) is 24.3 Å². The smallest absolute Gasteiger partial charge is 0.414 e. The third-order valence-corrected chi connectivity index (χ3v) is 4.55. The van der Waals surface area contributed by atoms with Gasteiger partial charge in [0.2, 0.25) is 5.89 Å². The predicted octanol–water partition coefficient (Wildman–Crippen LogP) is 2.07. The first kappa shape index (κ1) is 20.4. The molecule has 1 aliphatic heterocycles. The minimum absolute atomic E-state index is 0.115. The van der Waals surface area contributed by atoms with Gasteiger partial charge in [0, 0.05) is 24.2 Å². The van der Waals surface area contributed by atoms with E-state index >= 15 is 0 Å². The van der Waals surface area contributed by atoms with Crippen molar-refractivity contribution in [2.45, 2.75) is 13.0 Å². The van der Waals surface area contributed by atoms with Gasteiger partial charge in [0.25, 0.3) is 5.89 Å². The number of rotatable bonds is 6. The highest BCUT2D eigenvalue weighted by molar-refractivity contribution is 5.90. The maximum Gasteiger partial charge on any atom is 0.414 e. The molecule has 10 nitrogen and oxygen atoms in total. The van der Waals surface area contributed by atoms with Gasteiger partial charge in [0.15, 0.2) is 6.10 Å². The van der Waals surface area contributed by atoms with Crippen LogP contribution in [0.15, 0.2) is 40.9 Å². The number of halogens is 1. The molecule has 31 heavy (non-hydrogen) atoms. The van der Waals surface area contributed by atoms with Gasteiger partial charge in [-0.25, -0.2) is 9.18 Å².